The van der Waals surface area contributed by atoms with E-state index in [2.05, 4.69) is 4.98 Å². The smallest absolute Gasteiger partial charge is 0.416 e. The fourth-order valence-corrected chi connectivity index (χ4v) is 2.12. The van der Waals surface area contributed by atoms with Gasteiger partial charge in [0.2, 0.25) is 0 Å². The molecule has 0 unspecified atom stereocenters. The first-order chi connectivity index (χ1) is 10.5. The number of aromatic nitrogens is 1. The van der Waals surface area contributed by atoms with E-state index < -0.39 is 11.7 Å². The molecule has 0 N–H and O–H groups in total. The number of oxazole rings is 1. The molecule has 5 heteroatoms. The lowest BCUT2D eigenvalue weighted by atomic mass is 10.1. The first-order valence-corrected chi connectivity index (χ1v) is 6.68. The average molecular weight is 303 g/mol. The SMILES string of the molecule is FC(F)(F)c1ccc(-c2cnc(Cc3ccccc3)o2)cc1. The Labute approximate surface area is 125 Å². The number of rotatable bonds is 3. The van der Waals surface area contributed by atoms with Crippen LogP contribution in [0, 0.1) is 0 Å². The van der Waals surface area contributed by atoms with Crippen LogP contribution in [0.25, 0.3) is 11.3 Å². The third-order valence-electron chi connectivity index (χ3n) is 3.25. The number of alkyl halides is 3. The van der Waals surface area contributed by atoms with Crippen molar-refractivity contribution in [1.82, 2.24) is 4.98 Å². The van der Waals surface area contributed by atoms with E-state index in [1.807, 2.05) is 30.3 Å². The zero-order valence-electron chi connectivity index (χ0n) is 11.5. The second kappa shape index (κ2) is 5.67. The first kappa shape index (κ1) is 14.4. The second-order valence-corrected chi connectivity index (χ2v) is 4.86. The molecule has 0 bridgehead atoms. The van der Waals surface area contributed by atoms with Crippen LogP contribution in [0.2, 0.25) is 0 Å². The summed E-state index contributed by atoms with van der Waals surface area (Å²) >= 11 is 0. The summed E-state index contributed by atoms with van der Waals surface area (Å²) < 4.78 is 43.2. The zero-order valence-corrected chi connectivity index (χ0v) is 11.5. The van der Waals surface area contributed by atoms with E-state index in [4.69, 9.17) is 4.42 Å². The summed E-state index contributed by atoms with van der Waals surface area (Å²) in [5.41, 5.74) is 0.948. The largest absolute Gasteiger partial charge is 0.440 e. The molecule has 3 aromatic rings. The minimum Gasteiger partial charge on any atom is -0.440 e. The van der Waals surface area contributed by atoms with Gasteiger partial charge in [0, 0.05) is 12.0 Å². The molecule has 2 nitrogen and oxygen atoms in total. The van der Waals surface area contributed by atoms with Gasteiger partial charge in [0.25, 0.3) is 0 Å². The zero-order chi connectivity index (χ0) is 15.6. The topological polar surface area (TPSA) is 26.0 Å². The molecule has 0 aliphatic heterocycles. The number of hydrogen-bond donors (Lipinski definition) is 0. The van der Waals surface area contributed by atoms with Crippen LogP contribution in [0.5, 0.6) is 0 Å². The Hall–Kier alpha value is -2.56. The van der Waals surface area contributed by atoms with Gasteiger partial charge in [-0.1, -0.05) is 42.5 Å². The Balaban J connectivity index is 1.79. The van der Waals surface area contributed by atoms with Gasteiger partial charge < -0.3 is 4.42 Å². The maximum atomic E-state index is 12.5. The third-order valence-corrected chi connectivity index (χ3v) is 3.25. The molecule has 0 saturated carbocycles. The molecule has 0 atom stereocenters. The lowest BCUT2D eigenvalue weighted by Gasteiger charge is -2.06. The van der Waals surface area contributed by atoms with E-state index in [0.717, 1.165) is 17.7 Å². The van der Waals surface area contributed by atoms with E-state index in [0.29, 0.717) is 23.6 Å². The highest BCUT2D eigenvalue weighted by Gasteiger charge is 2.30. The summed E-state index contributed by atoms with van der Waals surface area (Å²) in [6.45, 7) is 0. The fourth-order valence-electron chi connectivity index (χ4n) is 2.12. The molecule has 0 saturated heterocycles. The van der Waals surface area contributed by atoms with Gasteiger partial charge in [0.1, 0.15) is 0 Å². The lowest BCUT2D eigenvalue weighted by molar-refractivity contribution is -0.137. The van der Waals surface area contributed by atoms with Crippen LogP contribution in [0.15, 0.2) is 65.2 Å². The highest BCUT2D eigenvalue weighted by atomic mass is 19.4. The van der Waals surface area contributed by atoms with Crippen molar-refractivity contribution in [3.8, 4) is 11.3 Å². The monoisotopic (exact) mass is 303 g/mol. The molecule has 1 heterocycles. The molecule has 0 spiro atoms. The van der Waals surface area contributed by atoms with Crippen LogP contribution < -0.4 is 0 Å². The first-order valence-electron chi connectivity index (χ1n) is 6.68. The molecule has 0 fully saturated rings. The number of halogens is 3. The fraction of sp³-hybridized carbons (Fsp3) is 0.118. The molecule has 0 aliphatic rings. The minimum atomic E-state index is -4.33. The molecule has 3 rings (SSSR count). The van der Waals surface area contributed by atoms with E-state index in [9.17, 15) is 13.2 Å². The third kappa shape index (κ3) is 3.19. The summed E-state index contributed by atoms with van der Waals surface area (Å²) in [5.74, 6) is 0.987. The quantitative estimate of drug-likeness (QED) is 0.684. The molecular weight excluding hydrogens is 291 g/mol. The van der Waals surface area contributed by atoms with Crippen LogP contribution in [-0.4, -0.2) is 4.98 Å². The highest BCUT2D eigenvalue weighted by molar-refractivity contribution is 5.57. The van der Waals surface area contributed by atoms with Crippen molar-refractivity contribution in [2.24, 2.45) is 0 Å². The van der Waals surface area contributed by atoms with Crippen molar-refractivity contribution in [1.29, 1.82) is 0 Å². The number of benzene rings is 2. The van der Waals surface area contributed by atoms with E-state index in [1.165, 1.54) is 18.3 Å². The van der Waals surface area contributed by atoms with E-state index in [1.54, 1.807) is 0 Å². The molecule has 1 aromatic heterocycles. The molecular formula is C17H12F3NO. The molecule has 112 valence electrons. The minimum absolute atomic E-state index is 0.458. The Morgan fingerprint density at radius 3 is 2.23 bits per heavy atom. The summed E-state index contributed by atoms with van der Waals surface area (Å²) in [6, 6.07) is 14.5. The van der Waals surface area contributed by atoms with Gasteiger partial charge in [-0.3, -0.25) is 0 Å². The molecule has 0 amide bonds. The second-order valence-electron chi connectivity index (χ2n) is 4.86. The van der Waals surface area contributed by atoms with E-state index in [-0.39, 0.29) is 0 Å². The highest BCUT2D eigenvalue weighted by Crippen LogP contribution is 2.31. The van der Waals surface area contributed by atoms with Gasteiger partial charge in [0.15, 0.2) is 11.7 Å². The molecule has 0 radical (unpaired) electrons. The van der Waals surface area contributed by atoms with Crippen molar-refractivity contribution in [3.05, 3.63) is 77.8 Å². The number of nitrogens with zero attached hydrogens (tertiary/aromatic N) is 1. The molecule has 2 aromatic carbocycles. The van der Waals surface area contributed by atoms with Gasteiger partial charge >= 0.3 is 6.18 Å². The predicted octanol–water partition coefficient (Wildman–Crippen LogP) is 4.95. The predicted molar refractivity (Wildman–Crippen MR) is 76.2 cm³/mol. The van der Waals surface area contributed by atoms with Crippen LogP contribution >= 0.6 is 0 Å². The maximum Gasteiger partial charge on any atom is 0.416 e. The summed E-state index contributed by atoms with van der Waals surface area (Å²) in [4.78, 5) is 4.17. The average Bonchev–Trinajstić information content (AvgIpc) is 2.96. The van der Waals surface area contributed by atoms with Crippen LogP contribution in [0.1, 0.15) is 17.0 Å². The Morgan fingerprint density at radius 2 is 1.59 bits per heavy atom. The van der Waals surface area contributed by atoms with Gasteiger partial charge in [0.05, 0.1) is 11.8 Å². The summed E-state index contributed by atoms with van der Waals surface area (Å²) in [6.07, 6.45) is -2.26. The van der Waals surface area contributed by atoms with Crippen LogP contribution in [0.3, 0.4) is 0 Å². The van der Waals surface area contributed by atoms with Gasteiger partial charge in [-0.15, -0.1) is 0 Å². The summed E-state index contributed by atoms with van der Waals surface area (Å²) in [7, 11) is 0. The van der Waals surface area contributed by atoms with Crippen molar-refractivity contribution < 1.29 is 17.6 Å². The maximum absolute atomic E-state index is 12.5. The molecule has 0 aliphatic carbocycles. The van der Waals surface area contributed by atoms with Crippen LogP contribution in [0.4, 0.5) is 13.2 Å². The summed E-state index contributed by atoms with van der Waals surface area (Å²) in [5, 5.41) is 0. The Bertz CT molecular complexity index is 746. The van der Waals surface area contributed by atoms with Gasteiger partial charge in [-0.05, 0) is 17.7 Å². The van der Waals surface area contributed by atoms with Crippen LogP contribution in [-0.2, 0) is 12.6 Å². The van der Waals surface area contributed by atoms with Crippen molar-refractivity contribution in [2.45, 2.75) is 12.6 Å². The van der Waals surface area contributed by atoms with Crippen molar-refractivity contribution in [3.63, 3.8) is 0 Å². The Morgan fingerprint density at radius 1 is 0.909 bits per heavy atom. The Kier molecular flexibility index (Phi) is 3.71. The van der Waals surface area contributed by atoms with Gasteiger partial charge in [-0.2, -0.15) is 13.2 Å². The van der Waals surface area contributed by atoms with Crippen molar-refractivity contribution >= 4 is 0 Å². The molecule has 22 heavy (non-hydrogen) atoms. The van der Waals surface area contributed by atoms with E-state index >= 15 is 0 Å². The number of hydrogen-bond acceptors (Lipinski definition) is 2. The lowest BCUT2D eigenvalue weighted by Crippen LogP contribution is -2.03. The van der Waals surface area contributed by atoms with Gasteiger partial charge in [-0.25, -0.2) is 4.98 Å². The van der Waals surface area contributed by atoms with Crippen molar-refractivity contribution in [2.75, 3.05) is 0 Å². The normalized spacial score (nSPS) is 11.6. The standard InChI is InChI=1S/C17H12F3NO/c18-17(19,20)14-8-6-13(7-9-14)15-11-21-16(22-15)10-12-4-2-1-3-5-12/h1-9,11H,10H2.